The van der Waals surface area contributed by atoms with Crippen molar-refractivity contribution in [2.75, 3.05) is 6.61 Å². The molecule has 1 aromatic rings. The molecule has 0 bridgehead atoms. The van der Waals surface area contributed by atoms with Crippen LogP contribution in [-0.4, -0.2) is 28.4 Å². The lowest BCUT2D eigenvalue weighted by Crippen LogP contribution is -2.42. The van der Waals surface area contributed by atoms with Crippen molar-refractivity contribution in [1.82, 2.24) is 20.6 Å². The van der Waals surface area contributed by atoms with E-state index in [0.29, 0.717) is 12.3 Å². The van der Waals surface area contributed by atoms with Crippen LogP contribution in [0.4, 0.5) is 4.79 Å². The van der Waals surface area contributed by atoms with Gasteiger partial charge in [0.1, 0.15) is 0 Å². The monoisotopic (exact) mass is 310 g/mol. The Labute approximate surface area is 131 Å². The Balaban J connectivity index is 2.52. The molecule has 0 atom stereocenters. The van der Waals surface area contributed by atoms with Gasteiger partial charge in [-0.2, -0.15) is 5.10 Å². The summed E-state index contributed by atoms with van der Waals surface area (Å²) in [5.74, 6) is 0.256. The molecule has 0 saturated carbocycles. The van der Waals surface area contributed by atoms with Gasteiger partial charge in [0.15, 0.2) is 0 Å². The highest BCUT2D eigenvalue weighted by molar-refractivity contribution is 5.79. The first-order chi connectivity index (χ1) is 10.3. The lowest BCUT2D eigenvalue weighted by molar-refractivity contribution is -0.121. The topological polar surface area (TPSA) is 85.2 Å². The molecule has 1 aromatic heterocycles. The number of hydrogen-bond donors (Lipinski definition) is 2. The number of nitrogens with zero attached hydrogens (tertiary/aromatic N) is 2. The first-order valence-corrected chi connectivity index (χ1v) is 7.59. The Morgan fingerprint density at radius 2 is 1.95 bits per heavy atom. The molecule has 0 aliphatic heterocycles. The van der Waals surface area contributed by atoms with E-state index in [0.717, 1.165) is 23.5 Å². The summed E-state index contributed by atoms with van der Waals surface area (Å²) in [6.07, 6.45) is 0.209. The van der Waals surface area contributed by atoms with E-state index >= 15 is 0 Å². The normalized spacial score (nSPS) is 10.6. The summed E-state index contributed by atoms with van der Waals surface area (Å²) in [6, 6.07) is 0. The Kier molecular flexibility index (Phi) is 6.88. The molecule has 2 amide bonds. The molecule has 0 aliphatic rings. The number of hydrogen-bond acceptors (Lipinski definition) is 4. The minimum atomic E-state index is -0.659. The molecule has 0 aliphatic carbocycles. The van der Waals surface area contributed by atoms with Crippen molar-refractivity contribution >= 4 is 12.0 Å². The summed E-state index contributed by atoms with van der Waals surface area (Å²) < 4.78 is 6.65. The molecule has 0 spiro atoms. The molecule has 0 radical (unpaired) electrons. The Morgan fingerprint density at radius 1 is 1.27 bits per heavy atom. The summed E-state index contributed by atoms with van der Waals surface area (Å²) in [7, 11) is 0. The van der Waals surface area contributed by atoms with Gasteiger partial charge in [0.2, 0.25) is 5.91 Å². The predicted molar refractivity (Wildman–Crippen MR) is 83.2 cm³/mol. The molecular formula is C15H26N4O3. The van der Waals surface area contributed by atoms with Crippen LogP contribution >= 0.6 is 0 Å². The minimum absolute atomic E-state index is 0.259. The highest BCUT2D eigenvalue weighted by atomic mass is 16.5. The van der Waals surface area contributed by atoms with Gasteiger partial charge < -0.3 is 4.74 Å². The molecule has 7 heteroatoms. The maximum absolute atomic E-state index is 11.7. The quantitative estimate of drug-likeness (QED) is 0.785. The van der Waals surface area contributed by atoms with Crippen LogP contribution in [0.15, 0.2) is 0 Å². The van der Waals surface area contributed by atoms with Crippen molar-refractivity contribution in [3.05, 3.63) is 17.0 Å². The first kappa shape index (κ1) is 18.0. The van der Waals surface area contributed by atoms with Gasteiger partial charge >= 0.3 is 6.09 Å². The van der Waals surface area contributed by atoms with Gasteiger partial charge in [-0.15, -0.1) is 0 Å². The van der Waals surface area contributed by atoms with Crippen LogP contribution in [0, 0.1) is 19.8 Å². The average molecular weight is 310 g/mol. The van der Waals surface area contributed by atoms with Crippen LogP contribution in [0.5, 0.6) is 0 Å². The maximum Gasteiger partial charge on any atom is 0.426 e. The van der Waals surface area contributed by atoms with Gasteiger partial charge in [-0.25, -0.2) is 10.2 Å². The number of rotatable bonds is 6. The van der Waals surface area contributed by atoms with E-state index in [-0.39, 0.29) is 18.9 Å². The summed E-state index contributed by atoms with van der Waals surface area (Å²) in [6.45, 7) is 11.1. The fourth-order valence-corrected chi connectivity index (χ4v) is 2.21. The Morgan fingerprint density at radius 3 is 2.55 bits per heavy atom. The molecule has 0 unspecified atom stereocenters. The molecule has 1 rings (SSSR count). The van der Waals surface area contributed by atoms with Crippen LogP contribution in [0.1, 0.15) is 44.1 Å². The maximum atomic E-state index is 11.7. The first-order valence-electron chi connectivity index (χ1n) is 7.59. The fraction of sp³-hybridized carbons (Fsp3) is 0.667. The molecule has 7 nitrogen and oxygen atoms in total. The van der Waals surface area contributed by atoms with E-state index in [9.17, 15) is 9.59 Å². The number of aryl methyl sites for hydroxylation is 1. The summed E-state index contributed by atoms with van der Waals surface area (Å²) >= 11 is 0. The van der Waals surface area contributed by atoms with Crippen LogP contribution < -0.4 is 10.9 Å². The number of aromatic nitrogens is 2. The molecule has 0 saturated heterocycles. The van der Waals surface area contributed by atoms with Crippen molar-refractivity contribution in [3.63, 3.8) is 0 Å². The summed E-state index contributed by atoms with van der Waals surface area (Å²) in [5, 5.41) is 4.52. The highest BCUT2D eigenvalue weighted by Crippen LogP contribution is 2.16. The van der Waals surface area contributed by atoms with Crippen molar-refractivity contribution in [1.29, 1.82) is 0 Å². The van der Waals surface area contributed by atoms with Crippen molar-refractivity contribution in [2.24, 2.45) is 5.92 Å². The lowest BCUT2D eigenvalue weighted by Gasteiger charge is -2.09. The number of amides is 2. The number of carbonyl (C=O) groups excluding carboxylic acids is 2. The zero-order chi connectivity index (χ0) is 16.7. The highest BCUT2D eigenvalue weighted by Gasteiger charge is 2.14. The number of ether oxygens (including phenoxy) is 1. The molecule has 22 heavy (non-hydrogen) atoms. The number of nitrogens with one attached hydrogen (secondary N) is 2. The van der Waals surface area contributed by atoms with Crippen LogP contribution in [0.2, 0.25) is 0 Å². The lowest BCUT2D eigenvalue weighted by atomic mass is 10.1. The predicted octanol–water partition coefficient (Wildman–Crippen LogP) is 1.87. The van der Waals surface area contributed by atoms with Gasteiger partial charge in [-0.05, 0) is 38.7 Å². The second-order valence-electron chi connectivity index (χ2n) is 5.62. The zero-order valence-corrected chi connectivity index (χ0v) is 14.0. The van der Waals surface area contributed by atoms with E-state index in [1.54, 1.807) is 6.92 Å². The van der Waals surface area contributed by atoms with E-state index < -0.39 is 6.09 Å². The minimum Gasteiger partial charge on any atom is -0.449 e. The van der Waals surface area contributed by atoms with Gasteiger partial charge in [-0.1, -0.05) is 13.8 Å². The van der Waals surface area contributed by atoms with Gasteiger partial charge in [0.05, 0.1) is 12.3 Å². The van der Waals surface area contributed by atoms with E-state index in [4.69, 9.17) is 0 Å². The van der Waals surface area contributed by atoms with Crippen molar-refractivity contribution in [3.8, 4) is 0 Å². The molecule has 1 heterocycles. The van der Waals surface area contributed by atoms with E-state index in [1.165, 1.54) is 0 Å². The fourth-order valence-electron chi connectivity index (χ4n) is 2.21. The largest absolute Gasteiger partial charge is 0.449 e. The summed E-state index contributed by atoms with van der Waals surface area (Å²) in [4.78, 5) is 22.8. The zero-order valence-electron chi connectivity index (χ0n) is 14.0. The average Bonchev–Trinajstić information content (AvgIpc) is 2.69. The third-order valence-corrected chi connectivity index (χ3v) is 3.25. The second kappa shape index (κ2) is 8.41. The SMILES string of the molecule is CCOC(=O)NNC(=O)CCc1c(C)nn(CC(C)C)c1C. The number of carbonyl (C=O) groups is 2. The second-order valence-corrected chi connectivity index (χ2v) is 5.62. The smallest absolute Gasteiger partial charge is 0.426 e. The Hall–Kier alpha value is -2.05. The van der Waals surface area contributed by atoms with Crippen LogP contribution in [-0.2, 0) is 22.5 Å². The number of hydrazine groups is 1. The third-order valence-electron chi connectivity index (χ3n) is 3.25. The Bertz CT molecular complexity index is 523. The van der Waals surface area contributed by atoms with Crippen LogP contribution in [0.3, 0.4) is 0 Å². The van der Waals surface area contributed by atoms with E-state index in [1.807, 2.05) is 18.5 Å². The molecule has 0 fully saturated rings. The molecular weight excluding hydrogens is 284 g/mol. The molecule has 2 N–H and O–H groups in total. The van der Waals surface area contributed by atoms with Gasteiger partial charge in [0.25, 0.3) is 0 Å². The third kappa shape index (κ3) is 5.38. The van der Waals surface area contributed by atoms with Crippen molar-refractivity contribution < 1.29 is 14.3 Å². The van der Waals surface area contributed by atoms with Gasteiger partial charge in [0, 0.05) is 18.7 Å². The van der Waals surface area contributed by atoms with Crippen molar-refractivity contribution in [2.45, 2.75) is 54.0 Å². The summed E-state index contributed by atoms with van der Waals surface area (Å²) in [5.41, 5.74) is 7.66. The van der Waals surface area contributed by atoms with E-state index in [2.05, 4.69) is 34.5 Å². The van der Waals surface area contributed by atoms with Gasteiger partial charge in [-0.3, -0.25) is 14.9 Å². The van der Waals surface area contributed by atoms with Crippen LogP contribution in [0.25, 0.3) is 0 Å². The molecule has 124 valence electrons. The standard InChI is InChI=1S/C15H26N4O3/c1-6-22-15(21)17-16-14(20)8-7-13-11(4)18-19(12(13)5)9-10(2)3/h10H,6-9H2,1-5H3,(H,16,20)(H,17,21). The molecule has 0 aromatic carbocycles.